The highest BCUT2D eigenvalue weighted by molar-refractivity contribution is 5.79. The van der Waals surface area contributed by atoms with Gasteiger partial charge in [0.15, 0.2) is 0 Å². The Morgan fingerprint density at radius 3 is 3.10 bits per heavy atom. The number of amides is 1. The van der Waals surface area contributed by atoms with Gasteiger partial charge in [-0.25, -0.2) is 0 Å². The molecule has 1 atom stereocenters. The number of carbonyl (C=O) groups is 1. The first kappa shape index (κ1) is 13.6. The zero-order chi connectivity index (χ0) is 14.1. The Bertz CT molecular complexity index is 499. The van der Waals surface area contributed by atoms with Crippen LogP contribution in [0.1, 0.15) is 24.1 Å². The lowest BCUT2D eigenvalue weighted by Crippen LogP contribution is -2.41. The zero-order valence-electron chi connectivity index (χ0n) is 12.0. The molecule has 3 rings (SSSR count). The number of fused-ring (bicyclic) bond motifs is 1. The van der Waals surface area contributed by atoms with E-state index in [1.807, 2.05) is 15.8 Å². The third-order valence-electron chi connectivity index (χ3n) is 4.33. The van der Waals surface area contributed by atoms with Gasteiger partial charge in [0.25, 0.3) is 0 Å². The van der Waals surface area contributed by atoms with Crippen molar-refractivity contribution in [2.45, 2.75) is 32.5 Å². The van der Waals surface area contributed by atoms with Crippen molar-refractivity contribution in [2.24, 2.45) is 5.92 Å². The minimum absolute atomic E-state index is 0.0789. The van der Waals surface area contributed by atoms with Crippen molar-refractivity contribution in [2.75, 3.05) is 26.7 Å². The van der Waals surface area contributed by atoms with Gasteiger partial charge in [-0.1, -0.05) is 0 Å². The second kappa shape index (κ2) is 5.54. The number of piperidine rings is 1. The molecule has 0 aromatic carbocycles. The molecule has 0 spiro atoms. The molecule has 1 fully saturated rings. The molecule has 0 aliphatic carbocycles. The van der Waals surface area contributed by atoms with Crippen molar-refractivity contribution in [3.8, 4) is 0 Å². The van der Waals surface area contributed by atoms with Crippen LogP contribution in [0.2, 0.25) is 0 Å². The van der Waals surface area contributed by atoms with Crippen LogP contribution in [-0.4, -0.2) is 57.3 Å². The topological polar surface area (TPSA) is 61.6 Å². The lowest BCUT2D eigenvalue weighted by atomic mass is 9.97. The molecule has 1 amide bonds. The van der Waals surface area contributed by atoms with Crippen LogP contribution in [0.3, 0.4) is 0 Å². The average molecular weight is 278 g/mol. The third kappa shape index (κ3) is 2.45. The maximum Gasteiger partial charge on any atom is 0.227 e. The van der Waals surface area contributed by atoms with E-state index in [9.17, 15) is 4.79 Å². The predicted octanol–water partition coefficient (Wildman–Crippen LogP) is 0.0594. The van der Waals surface area contributed by atoms with Crippen LogP contribution in [0.15, 0.2) is 6.20 Å². The highest BCUT2D eigenvalue weighted by Crippen LogP contribution is 2.26. The molecule has 1 saturated heterocycles. The number of rotatable bonds is 3. The van der Waals surface area contributed by atoms with E-state index in [4.69, 9.17) is 5.11 Å². The molecule has 0 unspecified atom stereocenters. The highest BCUT2D eigenvalue weighted by Gasteiger charge is 2.32. The van der Waals surface area contributed by atoms with Crippen LogP contribution >= 0.6 is 0 Å². The summed E-state index contributed by atoms with van der Waals surface area (Å²) < 4.78 is 1.82. The van der Waals surface area contributed by atoms with E-state index in [0.717, 1.165) is 37.2 Å². The second-order valence-electron chi connectivity index (χ2n) is 5.86. The van der Waals surface area contributed by atoms with Gasteiger partial charge in [0.05, 0.1) is 37.5 Å². The standard InChI is InChI=1S/C14H22N4O2/c1-16-4-2-3-11(8-16)14(20)17-9-12-7-15-18(5-6-19)13(12)10-17/h7,11,19H,2-6,8-10H2,1H3/t11-/m0/s1. The Morgan fingerprint density at radius 2 is 2.35 bits per heavy atom. The summed E-state index contributed by atoms with van der Waals surface area (Å²) >= 11 is 0. The van der Waals surface area contributed by atoms with Crippen molar-refractivity contribution >= 4 is 5.91 Å². The van der Waals surface area contributed by atoms with Gasteiger partial charge in [0, 0.05) is 18.7 Å². The van der Waals surface area contributed by atoms with Gasteiger partial charge in [-0.15, -0.1) is 0 Å². The number of likely N-dealkylation sites (tertiary alicyclic amines) is 1. The van der Waals surface area contributed by atoms with Crippen LogP contribution in [0.5, 0.6) is 0 Å². The molecule has 6 nitrogen and oxygen atoms in total. The van der Waals surface area contributed by atoms with Crippen LogP contribution in [-0.2, 0) is 24.4 Å². The van der Waals surface area contributed by atoms with Crippen molar-refractivity contribution < 1.29 is 9.90 Å². The van der Waals surface area contributed by atoms with Gasteiger partial charge < -0.3 is 14.9 Å². The Balaban J connectivity index is 1.67. The molecule has 2 aliphatic heterocycles. The highest BCUT2D eigenvalue weighted by atomic mass is 16.3. The van der Waals surface area contributed by atoms with Crippen LogP contribution < -0.4 is 0 Å². The molecule has 1 aromatic heterocycles. The molecular weight excluding hydrogens is 256 g/mol. The van der Waals surface area contributed by atoms with Gasteiger partial charge in [-0.2, -0.15) is 5.10 Å². The Morgan fingerprint density at radius 1 is 1.50 bits per heavy atom. The predicted molar refractivity (Wildman–Crippen MR) is 73.8 cm³/mol. The first-order valence-electron chi connectivity index (χ1n) is 7.31. The Kier molecular flexibility index (Phi) is 3.76. The van der Waals surface area contributed by atoms with Crippen molar-refractivity contribution in [3.05, 3.63) is 17.5 Å². The summed E-state index contributed by atoms with van der Waals surface area (Å²) in [6.07, 6.45) is 3.93. The Hall–Kier alpha value is -1.40. The summed E-state index contributed by atoms with van der Waals surface area (Å²) in [5, 5.41) is 13.3. The number of carbonyl (C=O) groups excluding carboxylic acids is 1. The van der Waals surface area contributed by atoms with Gasteiger partial charge in [0.1, 0.15) is 0 Å². The number of nitrogens with zero attached hydrogens (tertiary/aromatic N) is 4. The van der Waals surface area contributed by atoms with E-state index >= 15 is 0 Å². The summed E-state index contributed by atoms with van der Waals surface area (Å²) in [5.74, 6) is 0.403. The molecule has 20 heavy (non-hydrogen) atoms. The number of hydrogen-bond donors (Lipinski definition) is 1. The minimum Gasteiger partial charge on any atom is -0.394 e. The maximum absolute atomic E-state index is 12.6. The average Bonchev–Trinajstić information content (AvgIpc) is 3.00. The molecule has 3 heterocycles. The van der Waals surface area contributed by atoms with Crippen LogP contribution in [0.25, 0.3) is 0 Å². The van der Waals surface area contributed by atoms with Crippen molar-refractivity contribution in [1.82, 2.24) is 19.6 Å². The Labute approximate surface area is 119 Å². The molecule has 0 saturated carbocycles. The van der Waals surface area contributed by atoms with E-state index in [0.29, 0.717) is 19.6 Å². The summed E-state index contributed by atoms with van der Waals surface area (Å²) in [7, 11) is 2.08. The monoisotopic (exact) mass is 278 g/mol. The summed E-state index contributed by atoms with van der Waals surface area (Å²) in [4.78, 5) is 16.8. The van der Waals surface area contributed by atoms with E-state index in [-0.39, 0.29) is 18.4 Å². The van der Waals surface area contributed by atoms with E-state index in [1.165, 1.54) is 0 Å². The van der Waals surface area contributed by atoms with Crippen molar-refractivity contribution in [3.63, 3.8) is 0 Å². The van der Waals surface area contributed by atoms with Crippen LogP contribution in [0, 0.1) is 5.92 Å². The lowest BCUT2D eigenvalue weighted by Gasteiger charge is -2.31. The second-order valence-corrected chi connectivity index (χ2v) is 5.86. The zero-order valence-corrected chi connectivity index (χ0v) is 12.0. The van der Waals surface area contributed by atoms with E-state index in [2.05, 4.69) is 17.0 Å². The summed E-state index contributed by atoms with van der Waals surface area (Å²) in [5.41, 5.74) is 2.20. The molecule has 1 aromatic rings. The normalized spacial score (nSPS) is 23.1. The minimum atomic E-state index is 0.0789. The molecule has 2 aliphatic rings. The first-order chi connectivity index (χ1) is 9.69. The first-order valence-corrected chi connectivity index (χ1v) is 7.31. The quantitative estimate of drug-likeness (QED) is 0.849. The SMILES string of the molecule is CN1CCC[C@H](C(=O)N2Cc3cnn(CCO)c3C2)C1. The summed E-state index contributed by atoms with van der Waals surface area (Å²) in [6.45, 7) is 3.84. The van der Waals surface area contributed by atoms with Crippen LogP contribution in [0.4, 0.5) is 0 Å². The fourth-order valence-corrected chi connectivity index (χ4v) is 3.28. The smallest absolute Gasteiger partial charge is 0.227 e. The fraction of sp³-hybridized carbons (Fsp3) is 0.714. The van der Waals surface area contributed by atoms with Gasteiger partial charge in [-0.05, 0) is 26.4 Å². The lowest BCUT2D eigenvalue weighted by molar-refractivity contribution is -0.137. The number of aliphatic hydroxyl groups is 1. The summed E-state index contributed by atoms with van der Waals surface area (Å²) in [6, 6.07) is 0. The maximum atomic E-state index is 12.6. The number of hydrogen-bond acceptors (Lipinski definition) is 4. The molecule has 1 N–H and O–H groups in total. The van der Waals surface area contributed by atoms with E-state index in [1.54, 1.807) is 0 Å². The number of aliphatic hydroxyl groups excluding tert-OH is 1. The molecular formula is C14H22N4O2. The number of aromatic nitrogens is 2. The molecule has 6 heteroatoms. The third-order valence-corrected chi connectivity index (χ3v) is 4.33. The van der Waals surface area contributed by atoms with Crippen molar-refractivity contribution in [1.29, 1.82) is 0 Å². The largest absolute Gasteiger partial charge is 0.394 e. The van der Waals surface area contributed by atoms with Gasteiger partial charge in [-0.3, -0.25) is 9.48 Å². The molecule has 0 bridgehead atoms. The molecule has 0 radical (unpaired) electrons. The van der Waals surface area contributed by atoms with Gasteiger partial charge >= 0.3 is 0 Å². The molecule has 110 valence electrons. The van der Waals surface area contributed by atoms with E-state index < -0.39 is 0 Å². The fourth-order valence-electron chi connectivity index (χ4n) is 3.28. The van der Waals surface area contributed by atoms with Gasteiger partial charge in [0.2, 0.25) is 5.91 Å².